The summed E-state index contributed by atoms with van der Waals surface area (Å²) in [5.74, 6) is 0.576. The molecule has 0 aliphatic rings. The van der Waals surface area contributed by atoms with Gasteiger partial charge in [0.2, 0.25) is 0 Å². The van der Waals surface area contributed by atoms with Crippen LogP contribution in [0.25, 0.3) is 0 Å². The van der Waals surface area contributed by atoms with Gasteiger partial charge in [-0.05, 0) is 24.1 Å². The van der Waals surface area contributed by atoms with E-state index in [1.165, 1.54) is 7.11 Å². The fourth-order valence-electron chi connectivity index (χ4n) is 1.27. The Balaban J connectivity index is 0.00000256. The van der Waals surface area contributed by atoms with E-state index < -0.39 is 0 Å². The van der Waals surface area contributed by atoms with E-state index in [0.717, 1.165) is 11.3 Å². The Hall–Kier alpha value is -1.26. The Morgan fingerprint density at radius 2 is 2.18 bits per heavy atom. The molecule has 1 rings (SSSR count). The molecule has 0 unspecified atom stereocenters. The highest BCUT2D eigenvalue weighted by Crippen LogP contribution is 2.13. The lowest BCUT2D eigenvalue weighted by Crippen LogP contribution is -2.05. The maximum Gasteiger partial charge on any atom is 0.305 e. The molecule has 96 valence electrons. The van der Waals surface area contributed by atoms with Crippen LogP contribution in [0.3, 0.4) is 0 Å². The van der Waals surface area contributed by atoms with Gasteiger partial charge in [0.25, 0.3) is 0 Å². The van der Waals surface area contributed by atoms with Crippen LogP contribution in [0.5, 0.6) is 5.75 Å². The first-order valence-corrected chi connectivity index (χ1v) is 5.25. The van der Waals surface area contributed by atoms with Crippen LogP contribution in [0, 0.1) is 0 Å². The lowest BCUT2D eigenvalue weighted by Gasteiger charge is -2.06. The Bertz CT molecular complexity index is 344. The summed E-state index contributed by atoms with van der Waals surface area (Å²) in [6, 6.07) is 7.62. The van der Waals surface area contributed by atoms with E-state index in [1.54, 1.807) is 0 Å². The van der Waals surface area contributed by atoms with Crippen LogP contribution >= 0.6 is 12.4 Å². The first-order chi connectivity index (χ1) is 7.76. The van der Waals surface area contributed by atoms with Crippen molar-refractivity contribution in [2.75, 3.05) is 13.7 Å². The Morgan fingerprint density at radius 1 is 1.41 bits per heavy atom. The molecular weight excluding hydrogens is 242 g/mol. The average Bonchev–Trinajstić information content (AvgIpc) is 2.34. The van der Waals surface area contributed by atoms with Crippen molar-refractivity contribution < 1.29 is 14.3 Å². The second kappa shape index (κ2) is 8.84. The highest BCUT2D eigenvalue weighted by Gasteiger charge is 2.00. The SMILES string of the molecule is COC(=O)CCCOc1cccc(CN)c1.Cl. The lowest BCUT2D eigenvalue weighted by molar-refractivity contribution is -0.140. The molecule has 0 fully saturated rings. The van der Waals surface area contributed by atoms with Gasteiger partial charge in [-0.15, -0.1) is 12.4 Å². The summed E-state index contributed by atoms with van der Waals surface area (Å²) in [6.07, 6.45) is 1.03. The number of esters is 1. The standard InChI is InChI=1S/C12H17NO3.ClH/c1-15-12(14)6-3-7-16-11-5-2-4-10(8-11)9-13;/h2,4-5,8H,3,6-7,9,13H2,1H3;1H. The minimum Gasteiger partial charge on any atom is -0.494 e. The second-order valence-electron chi connectivity index (χ2n) is 3.38. The van der Waals surface area contributed by atoms with E-state index in [9.17, 15) is 4.79 Å². The number of ether oxygens (including phenoxy) is 2. The number of hydrogen-bond acceptors (Lipinski definition) is 4. The van der Waals surface area contributed by atoms with Crippen LogP contribution in [0.15, 0.2) is 24.3 Å². The molecule has 0 aromatic heterocycles. The van der Waals surface area contributed by atoms with Gasteiger partial charge < -0.3 is 15.2 Å². The maximum absolute atomic E-state index is 10.8. The van der Waals surface area contributed by atoms with Gasteiger partial charge in [0, 0.05) is 13.0 Å². The fourth-order valence-corrected chi connectivity index (χ4v) is 1.27. The third-order valence-electron chi connectivity index (χ3n) is 2.16. The summed E-state index contributed by atoms with van der Waals surface area (Å²) in [6.45, 7) is 1.00. The number of hydrogen-bond donors (Lipinski definition) is 1. The zero-order valence-corrected chi connectivity index (χ0v) is 10.7. The Kier molecular flexibility index (Phi) is 8.19. The molecule has 5 heteroatoms. The monoisotopic (exact) mass is 259 g/mol. The molecule has 17 heavy (non-hydrogen) atoms. The van der Waals surface area contributed by atoms with Crippen LogP contribution < -0.4 is 10.5 Å². The van der Waals surface area contributed by atoms with E-state index in [0.29, 0.717) is 26.0 Å². The number of rotatable bonds is 6. The van der Waals surface area contributed by atoms with E-state index >= 15 is 0 Å². The maximum atomic E-state index is 10.8. The van der Waals surface area contributed by atoms with E-state index in [2.05, 4.69) is 4.74 Å². The number of carbonyl (C=O) groups is 1. The molecule has 0 aliphatic carbocycles. The summed E-state index contributed by atoms with van der Waals surface area (Å²) in [5, 5.41) is 0. The van der Waals surface area contributed by atoms with Crippen molar-refractivity contribution in [3.05, 3.63) is 29.8 Å². The molecule has 2 N–H and O–H groups in total. The molecule has 0 amide bonds. The van der Waals surface area contributed by atoms with Crippen molar-refractivity contribution in [3.63, 3.8) is 0 Å². The van der Waals surface area contributed by atoms with E-state index in [1.807, 2.05) is 24.3 Å². The highest BCUT2D eigenvalue weighted by atomic mass is 35.5. The smallest absolute Gasteiger partial charge is 0.305 e. The zero-order valence-electron chi connectivity index (χ0n) is 9.85. The molecule has 0 spiro atoms. The first kappa shape index (κ1) is 15.7. The van der Waals surface area contributed by atoms with Gasteiger partial charge in [-0.1, -0.05) is 12.1 Å². The molecule has 1 aromatic carbocycles. The van der Waals surface area contributed by atoms with E-state index in [4.69, 9.17) is 10.5 Å². The largest absolute Gasteiger partial charge is 0.494 e. The van der Waals surface area contributed by atoms with Crippen molar-refractivity contribution in [1.29, 1.82) is 0 Å². The molecule has 0 radical (unpaired) electrons. The molecule has 0 saturated heterocycles. The van der Waals surface area contributed by atoms with Gasteiger partial charge in [0.1, 0.15) is 5.75 Å². The number of nitrogens with two attached hydrogens (primary N) is 1. The number of benzene rings is 1. The van der Waals surface area contributed by atoms with Gasteiger partial charge in [0.05, 0.1) is 13.7 Å². The Morgan fingerprint density at radius 3 is 2.82 bits per heavy atom. The second-order valence-corrected chi connectivity index (χ2v) is 3.38. The van der Waals surface area contributed by atoms with Gasteiger partial charge in [-0.25, -0.2) is 0 Å². The van der Waals surface area contributed by atoms with Crippen LogP contribution in [0.1, 0.15) is 18.4 Å². The molecule has 4 nitrogen and oxygen atoms in total. The number of halogens is 1. The van der Waals surface area contributed by atoms with Crippen LogP contribution in [0.4, 0.5) is 0 Å². The molecule has 1 aromatic rings. The summed E-state index contributed by atoms with van der Waals surface area (Å²) >= 11 is 0. The molecule has 0 heterocycles. The molecule has 0 atom stereocenters. The summed E-state index contributed by atoms with van der Waals surface area (Å²) in [7, 11) is 1.38. The van der Waals surface area contributed by atoms with Crippen molar-refractivity contribution in [1.82, 2.24) is 0 Å². The predicted molar refractivity (Wildman–Crippen MR) is 68.3 cm³/mol. The quantitative estimate of drug-likeness (QED) is 0.626. The summed E-state index contributed by atoms with van der Waals surface area (Å²) in [4.78, 5) is 10.8. The molecule has 0 aliphatic heterocycles. The molecule has 0 saturated carbocycles. The normalized spacial score (nSPS) is 9.29. The Labute approximate surface area is 108 Å². The number of methoxy groups -OCH3 is 1. The lowest BCUT2D eigenvalue weighted by atomic mass is 10.2. The molecule has 0 bridgehead atoms. The van der Waals surface area contributed by atoms with Gasteiger partial charge in [-0.2, -0.15) is 0 Å². The molecular formula is C12H18ClNO3. The highest BCUT2D eigenvalue weighted by molar-refractivity contribution is 5.85. The van der Waals surface area contributed by atoms with Gasteiger partial charge in [0.15, 0.2) is 0 Å². The van der Waals surface area contributed by atoms with Gasteiger partial charge in [-0.3, -0.25) is 4.79 Å². The van der Waals surface area contributed by atoms with Crippen molar-refractivity contribution in [3.8, 4) is 5.75 Å². The van der Waals surface area contributed by atoms with Crippen molar-refractivity contribution >= 4 is 18.4 Å². The topological polar surface area (TPSA) is 61.5 Å². The number of carbonyl (C=O) groups excluding carboxylic acids is 1. The minimum absolute atomic E-state index is 0. The summed E-state index contributed by atoms with van der Waals surface area (Å²) in [5.41, 5.74) is 6.55. The third-order valence-corrected chi connectivity index (χ3v) is 2.16. The fraction of sp³-hybridized carbons (Fsp3) is 0.417. The zero-order chi connectivity index (χ0) is 11.8. The van der Waals surface area contributed by atoms with E-state index in [-0.39, 0.29) is 18.4 Å². The third kappa shape index (κ3) is 6.14. The minimum atomic E-state index is -0.209. The van der Waals surface area contributed by atoms with Gasteiger partial charge >= 0.3 is 5.97 Å². The van der Waals surface area contributed by atoms with Crippen LogP contribution in [-0.2, 0) is 16.1 Å². The van der Waals surface area contributed by atoms with Crippen molar-refractivity contribution in [2.45, 2.75) is 19.4 Å². The van der Waals surface area contributed by atoms with Crippen LogP contribution in [0.2, 0.25) is 0 Å². The first-order valence-electron chi connectivity index (χ1n) is 5.25. The predicted octanol–water partition coefficient (Wildman–Crippen LogP) is 1.90. The van der Waals surface area contributed by atoms with Crippen molar-refractivity contribution in [2.24, 2.45) is 5.73 Å². The summed E-state index contributed by atoms with van der Waals surface area (Å²) < 4.78 is 10.0. The average molecular weight is 260 g/mol. The van der Waals surface area contributed by atoms with Crippen LogP contribution in [-0.4, -0.2) is 19.7 Å².